The predicted molar refractivity (Wildman–Crippen MR) is 132 cm³/mol. The van der Waals surface area contributed by atoms with E-state index in [1.165, 1.54) is 0 Å². The largest absolute Gasteiger partial charge is 0.444 e. The van der Waals surface area contributed by atoms with Crippen LogP contribution in [0.3, 0.4) is 0 Å². The third kappa shape index (κ3) is 6.85. The smallest absolute Gasteiger partial charge is 0.410 e. The van der Waals surface area contributed by atoms with Crippen LogP contribution in [0.2, 0.25) is 0 Å². The van der Waals surface area contributed by atoms with Gasteiger partial charge in [0.2, 0.25) is 5.91 Å². The van der Waals surface area contributed by atoms with E-state index in [9.17, 15) is 14.4 Å². The van der Waals surface area contributed by atoms with Crippen molar-refractivity contribution in [2.75, 3.05) is 18.4 Å². The van der Waals surface area contributed by atoms with Crippen molar-refractivity contribution in [3.8, 4) is 0 Å². The summed E-state index contributed by atoms with van der Waals surface area (Å²) in [4.78, 5) is 38.8. The first-order valence-corrected chi connectivity index (χ1v) is 11.9. The highest BCUT2D eigenvalue weighted by Crippen LogP contribution is 2.26. The highest BCUT2D eigenvalue weighted by atomic mass is 16.6. The number of ether oxygens (including phenoxy) is 1. The van der Waals surface area contributed by atoms with Gasteiger partial charge in [0, 0.05) is 43.5 Å². The molecule has 184 valence electrons. The third-order valence-corrected chi connectivity index (χ3v) is 5.72. The van der Waals surface area contributed by atoms with Crippen LogP contribution in [0.25, 0.3) is 0 Å². The molecule has 34 heavy (non-hydrogen) atoms. The Morgan fingerprint density at radius 1 is 1.06 bits per heavy atom. The predicted octanol–water partition coefficient (Wildman–Crippen LogP) is 4.58. The average Bonchev–Trinajstić information content (AvgIpc) is 3.27. The lowest BCUT2D eigenvalue weighted by Gasteiger charge is -2.34. The van der Waals surface area contributed by atoms with Crippen LogP contribution in [0.4, 0.5) is 10.5 Å². The van der Waals surface area contributed by atoms with Gasteiger partial charge in [-0.25, -0.2) is 4.79 Å². The molecule has 8 nitrogen and oxygen atoms in total. The zero-order valence-corrected chi connectivity index (χ0v) is 20.8. The summed E-state index contributed by atoms with van der Waals surface area (Å²) < 4.78 is 7.48. The maximum absolute atomic E-state index is 12.9. The van der Waals surface area contributed by atoms with E-state index in [-0.39, 0.29) is 29.9 Å². The number of likely N-dealkylation sites (tertiary alicyclic amines) is 1. The van der Waals surface area contributed by atoms with Crippen LogP contribution in [0.15, 0.2) is 42.6 Å². The highest BCUT2D eigenvalue weighted by molar-refractivity contribution is 5.93. The average molecular weight is 469 g/mol. The maximum atomic E-state index is 12.9. The maximum Gasteiger partial charge on any atom is 0.410 e. The number of benzene rings is 1. The fraction of sp³-hybridized carbons (Fsp3) is 0.500. The number of anilines is 1. The Morgan fingerprint density at radius 2 is 1.71 bits per heavy atom. The van der Waals surface area contributed by atoms with Crippen molar-refractivity contribution < 1.29 is 19.1 Å². The molecule has 0 unspecified atom stereocenters. The number of nitrogens with zero attached hydrogens (tertiary/aromatic N) is 2. The zero-order valence-electron chi connectivity index (χ0n) is 20.8. The van der Waals surface area contributed by atoms with Crippen LogP contribution in [0.5, 0.6) is 0 Å². The van der Waals surface area contributed by atoms with Gasteiger partial charge in [0.1, 0.15) is 11.3 Å². The first-order valence-electron chi connectivity index (χ1n) is 11.9. The van der Waals surface area contributed by atoms with Crippen LogP contribution >= 0.6 is 0 Å². The van der Waals surface area contributed by atoms with Crippen molar-refractivity contribution in [1.29, 1.82) is 0 Å². The summed E-state index contributed by atoms with van der Waals surface area (Å²) in [6.45, 7) is 10.9. The molecule has 0 bridgehead atoms. The normalized spacial score (nSPS) is 14.7. The lowest BCUT2D eigenvalue weighted by Crippen LogP contribution is -2.42. The summed E-state index contributed by atoms with van der Waals surface area (Å²) in [6.07, 6.45) is 3.16. The Bertz CT molecular complexity index is 997. The molecule has 1 aliphatic rings. The fourth-order valence-corrected chi connectivity index (χ4v) is 3.82. The number of aromatic nitrogens is 1. The summed E-state index contributed by atoms with van der Waals surface area (Å²) in [6, 6.07) is 11.3. The summed E-state index contributed by atoms with van der Waals surface area (Å²) in [7, 11) is 0. The Balaban J connectivity index is 1.53. The molecular formula is C26H36N4O4. The molecule has 1 aliphatic heterocycles. The number of piperidine rings is 1. The molecule has 1 fully saturated rings. The fourth-order valence-electron chi connectivity index (χ4n) is 3.82. The number of hydrogen-bond acceptors (Lipinski definition) is 4. The second kappa shape index (κ2) is 10.8. The minimum Gasteiger partial charge on any atom is -0.444 e. The van der Waals surface area contributed by atoms with Gasteiger partial charge in [0.25, 0.3) is 5.91 Å². The van der Waals surface area contributed by atoms with E-state index in [0.717, 1.165) is 24.1 Å². The van der Waals surface area contributed by atoms with Crippen LogP contribution in [-0.4, -0.2) is 46.1 Å². The lowest BCUT2D eigenvalue weighted by atomic mass is 10.0. The van der Waals surface area contributed by atoms with E-state index < -0.39 is 5.60 Å². The van der Waals surface area contributed by atoms with Gasteiger partial charge in [-0.2, -0.15) is 0 Å². The summed E-state index contributed by atoms with van der Waals surface area (Å²) in [5.41, 5.74) is 1.78. The van der Waals surface area contributed by atoms with Gasteiger partial charge in [-0.05, 0) is 63.4 Å². The zero-order chi connectivity index (χ0) is 24.9. The first kappa shape index (κ1) is 25.3. The molecule has 1 saturated heterocycles. The van der Waals surface area contributed by atoms with Crippen LogP contribution in [0.1, 0.15) is 69.6 Å². The van der Waals surface area contributed by atoms with Crippen LogP contribution in [0, 0.1) is 5.92 Å². The topological polar surface area (TPSA) is 92.7 Å². The molecule has 2 heterocycles. The Morgan fingerprint density at radius 3 is 2.29 bits per heavy atom. The Hall–Kier alpha value is -3.29. The summed E-state index contributed by atoms with van der Waals surface area (Å²) in [5.74, 6) is -0.254. The number of hydrogen-bond donors (Lipinski definition) is 2. The van der Waals surface area contributed by atoms with Gasteiger partial charge in [-0.15, -0.1) is 0 Å². The minimum atomic E-state index is -0.512. The van der Waals surface area contributed by atoms with E-state index in [2.05, 4.69) is 10.6 Å². The molecule has 8 heteroatoms. The second-order valence-electron chi connectivity index (χ2n) is 10.0. The van der Waals surface area contributed by atoms with Gasteiger partial charge in [0.05, 0.1) is 0 Å². The van der Waals surface area contributed by atoms with Crippen molar-refractivity contribution in [1.82, 2.24) is 14.8 Å². The van der Waals surface area contributed by atoms with Crippen molar-refractivity contribution in [3.63, 3.8) is 0 Å². The number of amides is 3. The highest BCUT2D eigenvalue weighted by Gasteiger charge is 2.28. The quantitative estimate of drug-likeness (QED) is 0.649. The van der Waals surface area contributed by atoms with Crippen LogP contribution in [-0.2, 0) is 16.1 Å². The molecular weight excluding hydrogens is 432 g/mol. The van der Waals surface area contributed by atoms with E-state index >= 15 is 0 Å². The van der Waals surface area contributed by atoms with E-state index in [4.69, 9.17) is 4.74 Å². The Kier molecular flexibility index (Phi) is 8.02. The lowest BCUT2D eigenvalue weighted by molar-refractivity contribution is -0.118. The summed E-state index contributed by atoms with van der Waals surface area (Å²) in [5, 5.41) is 5.84. The van der Waals surface area contributed by atoms with Crippen LogP contribution < -0.4 is 10.6 Å². The molecule has 3 rings (SSSR count). The Labute approximate surface area is 201 Å². The van der Waals surface area contributed by atoms with Crippen molar-refractivity contribution in [2.45, 2.75) is 65.6 Å². The van der Waals surface area contributed by atoms with Gasteiger partial charge in [-0.1, -0.05) is 26.0 Å². The van der Waals surface area contributed by atoms with E-state index in [1.54, 1.807) is 4.90 Å². The molecule has 1 aromatic carbocycles. The van der Waals surface area contributed by atoms with Gasteiger partial charge in [0.15, 0.2) is 0 Å². The van der Waals surface area contributed by atoms with Gasteiger partial charge < -0.3 is 24.8 Å². The van der Waals surface area contributed by atoms with Crippen molar-refractivity contribution >= 4 is 23.6 Å². The minimum absolute atomic E-state index is 0.0289. The molecule has 3 amide bonds. The molecule has 2 N–H and O–H groups in total. The standard InChI is InChI=1S/C26H36N4O4/c1-18(2)23(31)28-20-10-8-19(9-11-20)17-27-24(32)22-7-6-14-30(22)21-12-15-29(16-13-21)25(33)34-26(3,4)5/h6-11,14,18,21H,12-13,15-17H2,1-5H3,(H,27,32)(H,28,31). The number of nitrogens with one attached hydrogen (secondary N) is 2. The molecule has 0 aliphatic carbocycles. The second-order valence-corrected chi connectivity index (χ2v) is 10.0. The molecule has 2 aromatic rings. The molecule has 0 radical (unpaired) electrons. The van der Waals surface area contributed by atoms with Crippen molar-refractivity contribution in [2.24, 2.45) is 5.92 Å². The molecule has 1 aromatic heterocycles. The first-order chi connectivity index (χ1) is 16.0. The summed E-state index contributed by atoms with van der Waals surface area (Å²) >= 11 is 0. The molecule has 0 saturated carbocycles. The van der Waals surface area contributed by atoms with E-state index in [0.29, 0.717) is 25.3 Å². The van der Waals surface area contributed by atoms with Crippen molar-refractivity contribution in [3.05, 3.63) is 53.9 Å². The van der Waals surface area contributed by atoms with Gasteiger partial charge >= 0.3 is 6.09 Å². The third-order valence-electron chi connectivity index (χ3n) is 5.72. The molecule has 0 atom stereocenters. The number of carbonyl (C=O) groups excluding carboxylic acids is 3. The van der Waals surface area contributed by atoms with Gasteiger partial charge in [-0.3, -0.25) is 9.59 Å². The number of rotatable bonds is 6. The molecule has 0 spiro atoms. The SMILES string of the molecule is CC(C)C(=O)Nc1ccc(CNC(=O)c2cccn2C2CCN(C(=O)OC(C)(C)C)CC2)cc1. The monoisotopic (exact) mass is 468 g/mol. The van der Waals surface area contributed by atoms with E-state index in [1.807, 2.05) is 81.8 Å². The number of carbonyl (C=O) groups is 3.